The van der Waals surface area contributed by atoms with Crippen molar-refractivity contribution in [3.63, 3.8) is 0 Å². The van der Waals surface area contributed by atoms with Crippen LogP contribution in [0.25, 0.3) is 55.6 Å². The van der Waals surface area contributed by atoms with E-state index in [1.165, 1.54) is 11.1 Å². The first kappa shape index (κ1) is 18.5. The molecule has 32 heavy (non-hydrogen) atoms. The number of para-hydroxylation sites is 2. The molecule has 2 heterocycles. The van der Waals surface area contributed by atoms with Crippen LogP contribution in [0.2, 0.25) is 0 Å². The molecule has 0 atom stereocenters. The Hall–Kier alpha value is -4.24. The molecule has 0 N–H and O–H groups in total. The summed E-state index contributed by atoms with van der Waals surface area (Å²) in [5.74, 6) is 0.732. The first-order valence-corrected chi connectivity index (χ1v) is 10.7. The maximum Gasteiger partial charge on any atom is 0.144 e. The first-order valence-electron chi connectivity index (χ1n) is 10.7. The number of hydrogen-bond acceptors (Lipinski definition) is 3. The van der Waals surface area contributed by atoms with Gasteiger partial charge in [-0.05, 0) is 42.3 Å². The standard InChI is InChI=1S/C29H20N2O/c1-19-30-26(22-12-7-11-21(17-22)20-9-3-2-4-10-20)18-27(31-19)25-15-8-14-24-23-13-5-6-16-28(23)32-29(24)25/h2-18H,1H3. The number of rotatable bonds is 3. The summed E-state index contributed by atoms with van der Waals surface area (Å²) in [6.45, 7) is 1.94. The van der Waals surface area contributed by atoms with E-state index in [-0.39, 0.29) is 0 Å². The van der Waals surface area contributed by atoms with E-state index in [1.807, 2.05) is 31.2 Å². The SMILES string of the molecule is Cc1nc(-c2cccc(-c3ccccc3)c2)cc(-c2cccc3c2oc2ccccc23)n1. The van der Waals surface area contributed by atoms with E-state index in [4.69, 9.17) is 14.4 Å². The van der Waals surface area contributed by atoms with Gasteiger partial charge >= 0.3 is 0 Å². The predicted octanol–water partition coefficient (Wildman–Crippen LogP) is 7.69. The van der Waals surface area contributed by atoms with Crippen molar-refractivity contribution in [1.82, 2.24) is 9.97 Å². The maximum atomic E-state index is 6.24. The molecule has 0 aliphatic rings. The van der Waals surface area contributed by atoms with Crippen LogP contribution in [-0.4, -0.2) is 9.97 Å². The summed E-state index contributed by atoms with van der Waals surface area (Å²) in [7, 11) is 0. The topological polar surface area (TPSA) is 38.9 Å². The molecular formula is C29H20N2O. The molecule has 152 valence electrons. The Labute approximate surface area is 186 Å². The Bertz CT molecular complexity index is 1580. The van der Waals surface area contributed by atoms with E-state index < -0.39 is 0 Å². The van der Waals surface area contributed by atoms with Crippen molar-refractivity contribution in [2.75, 3.05) is 0 Å². The molecule has 0 spiro atoms. The molecule has 0 fully saturated rings. The smallest absolute Gasteiger partial charge is 0.144 e. The molecule has 0 aliphatic carbocycles. The van der Waals surface area contributed by atoms with E-state index in [9.17, 15) is 0 Å². The third-order valence-electron chi connectivity index (χ3n) is 5.78. The molecule has 0 unspecified atom stereocenters. The van der Waals surface area contributed by atoms with E-state index in [0.717, 1.165) is 50.3 Å². The molecule has 2 aromatic heterocycles. The lowest BCUT2D eigenvalue weighted by atomic mass is 10.0. The zero-order valence-corrected chi connectivity index (χ0v) is 17.6. The van der Waals surface area contributed by atoms with Gasteiger partial charge in [0.2, 0.25) is 0 Å². The highest BCUT2D eigenvalue weighted by Gasteiger charge is 2.14. The summed E-state index contributed by atoms with van der Waals surface area (Å²) in [5.41, 5.74) is 7.90. The molecule has 3 heteroatoms. The van der Waals surface area contributed by atoms with Crippen LogP contribution in [0, 0.1) is 6.92 Å². The van der Waals surface area contributed by atoms with Crippen molar-refractivity contribution < 1.29 is 4.42 Å². The summed E-state index contributed by atoms with van der Waals surface area (Å²) in [4.78, 5) is 9.50. The van der Waals surface area contributed by atoms with Crippen LogP contribution < -0.4 is 0 Å². The molecule has 4 aromatic carbocycles. The van der Waals surface area contributed by atoms with Gasteiger partial charge in [-0.15, -0.1) is 0 Å². The van der Waals surface area contributed by atoms with Gasteiger partial charge < -0.3 is 4.42 Å². The van der Waals surface area contributed by atoms with Crippen molar-refractivity contribution in [2.45, 2.75) is 6.92 Å². The Balaban J connectivity index is 1.51. The molecule has 0 aliphatic heterocycles. The summed E-state index contributed by atoms with van der Waals surface area (Å²) in [5, 5.41) is 2.22. The fraction of sp³-hybridized carbons (Fsp3) is 0.0345. The lowest BCUT2D eigenvalue weighted by molar-refractivity contribution is 0.670. The van der Waals surface area contributed by atoms with Gasteiger partial charge in [0.15, 0.2) is 0 Å². The number of hydrogen-bond donors (Lipinski definition) is 0. The van der Waals surface area contributed by atoms with Crippen LogP contribution in [0.5, 0.6) is 0 Å². The number of furan rings is 1. The summed E-state index contributed by atoms with van der Waals surface area (Å²) < 4.78 is 6.24. The fourth-order valence-electron chi connectivity index (χ4n) is 4.29. The highest BCUT2D eigenvalue weighted by molar-refractivity contribution is 6.09. The second kappa shape index (κ2) is 7.47. The van der Waals surface area contributed by atoms with E-state index in [0.29, 0.717) is 0 Å². The molecule has 0 radical (unpaired) electrons. The molecular weight excluding hydrogens is 392 g/mol. The number of aryl methyl sites for hydroxylation is 1. The second-order valence-corrected chi connectivity index (χ2v) is 7.91. The van der Waals surface area contributed by atoms with Gasteiger partial charge in [-0.3, -0.25) is 0 Å². The Kier molecular flexibility index (Phi) is 4.32. The van der Waals surface area contributed by atoms with Gasteiger partial charge in [0.25, 0.3) is 0 Å². The van der Waals surface area contributed by atoms with Crippen LogP contribution in [-0.2, 0) is 0 Å². The Morgan fingerprint density at radius 2 is 1.25 bits per heavy atom. The van der Waals surface area contributed by atoms with Crippen molar-refractivity contribution in [3.05, 3.63) is 109 Å². The van der Waals surface area contributed by atoms with Crippen molar-refractivity contribution in [2.24, 2.45) is 0 Å². The van der Waals surface area contributed by atoms with Crippen molar-refractivity contribution in [3.8, 4) is 33.6 Å². The molecule has 0 saturated heterocycles. The number of aromatic nitrogens is 2. The molecule has 3 nitrogen and oxygen atoms in total. The van der Waals surface area contributed by atoms with Crippen molar-refractivity contribution in [1.29, 1.82) is 0 Å². The zero-order chi connectivity index (χ0) is 21.5. The van der Waals surface area contributed by atoms with Crippen LogP contribution >= 0.6 is 0 Å². The lowest BCUT2D eigenvalue weighted by Gasteiger charge is -2.09. The van der Waals surface area contributed by atoms with Crippen LogP contribution in [0.1, 0.15) is 5.82 Å². The summed E-state index contributed by atoms with van der Waals surface area (Å²) in [6, 6.07) is 35.3. The van der Waals surface area contributed by atoms with Crippen LogP contribution in [0.3, 0.4) is 0 Å². The Morgan fingerprint density at radius 1 is 0.562 bits per heavy atom. The minimum absolute atomic E-state index is 0.732. The number of nitrogens with zero attached hydrogens (tertiary/aromatic N) is 2. The van der Waals surface area contributed by atoms with Gasteiger partial charge in [0, 0.05) is 21.9 Å². The summed E-state index contributed by atoms with van der Waals surface area (Å²) in [6.07, 6.45) is 0. The molecule has 0 saturated carbocycles. The average Bonchev–Trinajstić information content (AvgIpc) is 3.23. The minimum atomic E-state index is 0.732. The lowest BCUT2D eigenvalue weighted by Crippen LogP contribution is -1.95. The largest absolute Gasteiger partial charge is 0.455 e. The van der Waals surface area contributed by atoms with Crippen LogP contribution in [0.15, 0.2) is 108 Å². The second-order valence-electron chi connectivity index (χ2n) is 7.91. The van der Waals surface area contributed by atoms with E-state index in [2.05, 4.69) is 78.9 Å². The van der Waals surface area contributed by atoms with Crippen LogP contribution in [0.4, 0.5) is 0 Å². The van der Waals surface area contributed by atoms with Gasteiger partial charge in [0.1, 0.15) is 17.0 Å². The maximum absolute atomic E-state index is 6.24. The molecule has 0 amide bonds. The Morgan fingerprint density at radius 3 is 2.16 bits per heavy atom. The zero-order valence-electron chi connectivity index (χ0n) is 17.6. The quantitative estimate of drug-likeness (QED) is 0.299. The fourth-order valence-corrected chi connectivity index (χ4v) is 4.29. The minimum Gasteiger partial charge on any atom is -0.455 e. The van der Waals surface area contributed by atoms with Gasteiger partial charge in [0.05, 0.1) is 11.4 Å². The number of fused-ring (bicyclic) bond motifs is 3. The molecule has 6 rings (SSSR count). The van der Waals surface area contributed by atoms with Gasteiger partial charge in [-0.1, -0.05) is 78.9 Å². The third kappa shape index (κ3) is 3.15. The normalized spacial score (nSPS) is 11.3. The third-order valence-corrected chi connectivity index (χ3v) is 5.78. The van der Waals surface area contributed by atoms with Crippen molar-refractivity contribution >= 4 is 21.9 Å². The van der Waals surface area contributed by atoms with E-state index >= 15 is 0 Å². The average molecular weight is 412 g/mol. The highest BCUT2D eigenvalue weighted by atomic mass is 16.3. The number of benzene rings is 4. The molecule has 6 aromatic rings. The van der Waals surface area contributed by atoms with E-state index in [1.54, 1.807) is 0 Å². The summed E-state index contributed by atoms with van der Waals surface area (Å²) >= 11 is 0. The highest BCUT2D eigenvalue weighted by Crippen LogP contribution is 2.36. The predicted molar refractivity (Wildman–Crippen MR) is 130 cm³/mol. The van der Waals surface area contributed by atoms with Gasteiger partial charge in [-0.25, -0.2) is 9.97 Å². The monoisotopic (exact) mass is 412 g/mol. The van der Waals surface area contributed by atoms with Gasteiger partial charge in [-0.2, -0.15) is 0 Å². The molecule has 0 bridgehead atoms. The first-order chi connectivity index (χ1) is 15.8.